The summed E-state index contributed by atoms with van der Waals surface area (Å²) in [4.78, 5) is 10.6. The molecular formula is C20H22N6OS. The van der Waals surface area contributed by atoms with Gasteiger partial charge in [-0.05, 0) is 30.0 Å². The molecule has 4 heterocycles. The van der Waals surface area contributed by atoms with E-state index in [9.17, 15) is 0 Å². The molecule has 1 N–H and O–H groups in total. The molecule has 8 heteroatoms. The molecular weight excluding hydrogens is 372 g/mol. The van der Waals surface area contributed by atoms with Gasteiger partial charge in [0, 0.05) is 38.1 Å². The smallest absolute Gasteiger partial charge is 0.244 e. The standard InChI is InChI=1S/C20H22N6OS/c1-14(20-22-19(24-27-20)18-3-2-10-28-18)26-8-6-25(7-9-26)13-15-4-5-16-12-21-23-17(16)11-15/h2-5,10-12,14H,6-9,13H2,1H3,(H,21,23). The Morgan fingerprint density at radius 1 is 1.21 bits per heavy atom. The molecule has 1 fully saturated rings. The lowest BCUT2D eigenvalue weighted by molar-refractivity contribution is 0.0845. The maximum atomic E-state index is 5.54. The van der Waals surface area contributed by atoms with E-state index in [1.807, 2.05) is 23.7 Å². The highest BCUT2D eigenvalue weighted by Gasteiger charge is 2.26. The fourth-order valence-electron chi connectivity index (χ4n) is 3.72. The van der Waals surface area contributed by atoms with E-state index < -0.39 is 0 Å². The van der Waals surface area contributed by atoms with E-state index in [-0.39, 0.29) is 6.04 Å². The van der Waals surface area contributed by atoms with Crippen LogP contribution in [0.4, 0.5) is 0 Å². The van der Waals surface area contributed by atoms with Crippen LogP contribution in [0.1, 0.15) is 24.4 Å². The number of aromatic nitrogens is 4. The van der Waals surface area contributed by atoms with Gasteiger partial charge in [0.05, 0.1) is 22.6 Å². The van der Waals surface area contributed by atoms with Gasteiger partial charge in [-0.2, -0.15) is 10.1 Å². The molecule has 7 nitrogen and oxygen atoms in total. The zero-order chi connectivity index (χ0) is 18.9. The van der Waals surface area contributed by atoms with Crippen LogP contribution in [0.3, 0.4) is 0 Å². The van der Waals surface area contributed by atoms with Crippen LogP contribution in [0.2, 0.25) is 0 Å². The summed E-state index contributed by atoms with van der Waals surface area (Å²) in [7, 11) is 0. The lowest BCUT2D eigenvalue weighted by atomic mass is 10.1. The first kappa shape index (κ1) is 17.5. The summed E-state index contributed by atoms with van der Waals surface area (Å²) >= 11 is 1.63. The largest absolute Gasteiger partial charge is 0.337 e. The lowest BCUT2D eigenvalue weighted by Crippen LogP contribution is -2.46. The highest BCUT2D eigenvalue weighted by Crippen LogP contribution is 2.26. The highest BCUT2D eigenvalue weighted by atomic mass is 32.1. The maximum Gasteiger partial charge on any atom is 0.244 e. The van der Waals surface area contributed by atoms with Crippen molar-refractivity contribution in [1.82, 2.24) is 30.1 Å². The molecule has 0 amide bonds. The average Bonchev–Trinajstić information content (AvgIpc) is 3.48. The summed E-state index contributed by atoms with van der Waals surface area (Å²) in [5, 5.41) is 14.5. The number of fused-ring (bicyclic) bond motifs is 1. The lowest BCUT2D eigenvalue weighted by Gasteiger charge is -2.36. The molecule has 28 heavy (non-hydrogen) atoms. The van der Waals surface area contributed by atoms with Gasteiger partial charge in [-0.15, -0.1) is 11.3 Å². The topological polar surface area (TPSA) is 74.1 Å². The third-order valence-electron chi connectivity index (χ3n) is 5.41. The van der Waals surface area contributed by atoms with E-state index >= 15 is 0 Å². The first-order chi connectivity index (χ1) is 13.8. The van der Waals surface area contributed by atoms with Crippen molar-refractivity contribution < 1.29 is 4.52 Å². The first-order valence-corrected chi connectivity index (χ1v) is 10.4. The normalized spacial score (nSPS) is 17.3. The summed E-state index contributed by atoms with van der Waals surface area (Å²) in [6.45, 7) is 7.14. The van der Waals surface area contributed by atoms with E-state index in [1.54, 1.807) is 11.3 Å². The molecule has 1 aliphatic rings. The highest BCUT2D eigenvalue weighted by molar-refractivity contribution is 7.13. The third kappa shape index (κ3) is 3.46. The summed E-state index contributed by atoms with van der Waals surface area (Å²) < 4.78 is 5.54. The number of thiophene rings is 1. The van der Waals surface area contributed by atoms with Crippen LogP contribution in [0, 0.1) is 0 Å². The van der Waals surface area contributed by atoms with Gasteiger partial charge in [0.25, 0.3) is 0 Å². The predicted molar refractivity (Wildman–Crippen MR) is 109 cm³/mol. The van der Waals surface area contributed by atoms with Gasteiger partial charge in [-0.25, -0.2) is 0 Å². The zero-order valence-electron chi connectivity index (χ0n) is 15.7. The molecule has 5 rings (SSSR count). The number of benzene rings is 1. The van der Waals surface area contributed by atoms with Crippen LogP contribution in [-0.2, 0) is 6.54 Å². The number of piperazine rings is 1. The third-order valence-corrected chi connectivity index (χ3v) is 6.27. The molecule has 0 radical (unpaired) electrons. The van der Waals surface area contributed by atoms with Crippen LogP contribution in [0.25, 0.3) is 21.6 Å². The molecule has 0 bridgehead atoms. The molecule has 4 aromatic rings. The Labute approximate surface area is 167 Å². The average molecular weight is 395 g/mol. The molecule has 0 aliphatic carbocycles. The number of nitrogens with one attached hydrogen (secondary N) is 1. The number of nitrogens with zero attached hydrogens (tertiary/aromatic N) is 5. The second-order valence-electron chi connectivity index (χ2n) is 7.21. The Morgan fingerprint density at radius 2 is 2.11 bits per heavy atom. The first-order valence-electron chi connectivity index (χ1n) is 9.52. The van der Waals surface area contributed by atoms with Gasteiger partial charge < -0.3 is 4.52 Å². The van der Waals surface area contributed by atoms with Crippen LogP contribution < -0.4 is 0 Å². The van der Waals surface area contributed by atoms with Crippen molar-refractivity contribution in [3.05, 3.63) is 53.4 Å². The van der Waals surface area contributed by atoms with Crippen molar-refractivity contribution in [1.29, 1.82) is 0 Å². The van der Waals surface area contributed by atoms with Gasteiger partial charge >= 0.3 is 0 Å². The molecule has 1 saturated heterocycles. The second kappa shape index (κ2) is 7.46. The zero-order valence-corrected chi connectivity index (χ0v) is 16.5. The summed E-state index contributed by atoms with van der Waals surface area (Å²) in [6.07, 6.45) is 1.86. The van der Waals surface area contributed by atoms with Gasteiger partial charge in [0.15, 0.2) is 0 Å². The molecule has 0 saturated carbocycles. The monoisotopic (exact) mass is 394 g/mol. The Bertz CT molecular complexity index is 1050. The van der Waals surface area contributed by atoms with Crippen molar-refractivity contribution in [2.45, 2.75) is 19.5 Å². The Balaban J connectivity index is 1.19. The Hall–Kier alpha value is -2.55. The minimum Gasteiger partial charge on any atom is -0.337 e. The van der Waals surface area contributed by atoms with Gasteiger partial charge in [0.1, 0.15) is 0 Å². The Kier molecular flexibility index (Phi) is 4.67. The molecule has 3 aromatic heterocycles. The van der Waals surface area contributed by atoms with Gasteiger partial charge in [-0.3, -0.25) is 14.9 Å². The minimum atomic E-state index is 0.129. The number of H-pyrrole nitrogens is 1. The van der Waals surface area contributed by atoms with Crippen molar-refractivity contribution in [3.63, 3.8) is 0 Å². The van der Waals surface area contributed by atoms with Crippen molar-refractivity contribution in [2.75, 3.05) is 26.2 Å². The van der Waals surface area contributed by atoms with E-state index in [4.69, 9.17) is 4.52 Å². The Morgan fingerprint density at radius 3 is 2.93 bits per heavy atom. The number of hydrogen-bond donors (Lipinski definition) is 1. The summed E-state index contributed by atoms with van der Waals surface area (Å²) in [5.74, 6) is 1.38. The van der Waals surface area contributed by atoms with Crippen LogP contribution in [0.15, 0.2) is 46.4 Å². The number of aromatic amines is 1. The fourth-order valence-corrected chi connectivity index (χ4v) is 4.37. The van der Waals surface area contributed by atoms with E-state index in [0.717, 1.165) is 48.5 Å². The number of rotatable bonds is 5. The van der Waals surface area contributed by atoms with Crippen LogP contribution in [0.5, 0.6) is 0 Å². The molecule has 1 aliphatic heterocycles. The van der Waals surface area contributed by atoms with Crippen LogP contribution in [-0.4, -0.2) is 56.3 Å². The molecule has 144 valence electrons. The minimum absolute atomic E-state index is 0.129. The predicted octanol–water partition coefficient (Wildman–Crippen LogP) is 3.55. The molecule has 0 spiro atoms. The molecule has 1 atom stereocenters. The SMILES string of the molecule is CC(c1nc(-c2cccs2)no1)N1CCN(Cc2ccc3cn[nH]c3c2)CC1. The van der Waals surface area contributed by atoms with Crippen LogP contribution >= 0.6 is 11.3 Å². The number of hydrogen-bond acceptors (Lipinski definition) is 7. The van der Waals surface area contributed by atoms with E-state index in [1.165, 1.54) is 5.56 Å². The molecule has 1 aromatic carbocycles. The van der Waals surface area contributed by atoms with E-state index in [0.29, 0.717) is 11.7 Å². The summed E-state index contributed by atoms with van der Waals surface area (Å²) in [5.41, 5.74) is 2.42. The maximum absolute atomic E-state index is 5.54. The van der Waals surface area contributed by atoms with Crippen molar-refractivity contribution in [2.24, 2.45) is 0 Å². The summed E-state index contributed by atoms with van der Waals surface area (Å²) in [6, 6.07) is 10.7. The van der Waals surface area contributed by atoms with E-state index in [2.05, 4.69) is 55.3 Å². The van der Waals surface area contributed by atoms with Crippen molar-refractivity contribution in [3.8, 4) is 10.7 Å². The van der Waals surface area contributed by atoms with Crippen molar-refractivity contribution >= 4 is 22.2 Å². The van der Waals surface area contributed by atoms with Gasteiger partial charge in [0.2, 0.25) is 11.7 Å². The second-order valence-corrected chi connectivity index (χ2v) is 8.16. The fraction of sp³-hybridized carbons (Fsp3) is 0.350. The van der Waals surface area contributed by atoms with Gasteiger partial charge in [-0.1, -0.05) is 23.4 Å². The quantitative estimate of drug-likeness (QED) is 0.558. The molecule has 1 unspecified atom stereocenters.